The smallest absolute Gasteiger partial charge is 0.264 e. The number of carbonyl (C=O) groups excluding carboxylic acids is 1. The highest BCUT2D eigenvalue weighted by molar-refractivity contribution is 8.18. The number of benzene rings is 3. The molecular formula is C25H21ClN2O4S. The average molecular weight is 481 g/mol. The van der Waals surface area contributed by atoms with Gasteiger partial charge in [0.25, 0.3) is 5.91 Å². The first-order chi connectivity index (χ1) is 16.0. The molecule has 1 N–H and O–H groups in total. The number of nitrogens with one attached hydrogen (secondary N) is 1. The Labute approximate surface area is 201 Å². The first-order valence-corrected chi connectivity index (χ1v) is 11.2. The van der Waals surface area contributed by atoms with E-state index in [2.05, 4.69) is 10.3 Å². The summed E-state index contributed by atoms with van der Waals surface area (Å²) >= 11 is 7.22. The number of amidine groups is 1. The van der Waals surface area contributed by atoms with Gasteiger partial charge in [-0.3, -0.25) is 4.79 Å². The van der Waals surface area contributed by atoms with Crippen LogP contribution in [0.4, 0.5) is 5.69 Å². The van der Waals surface area contributed by atoms with Gasteiger partial charge in [-0.05, 0) is 77.5 Å². The van der Waals surface area contributed by atoms with E-state index in [1.807, 2.05) is 66.7 Å². The van der Waals surface area contributed by atoms with Crippen molar-refractivity contribution in [3.63, 3.8) is 0 Å². The summed E-state index contributed by atoms with van der Waals surface area (Å²) < 4.78 is 16.5. The van der Waals surface area contributed by atoms with Crippen LogP contribution >= 0.6 is 23.4 Å². The lowest BCUT2D eigenvalue weighted by molar-refractivity contribution is -0.115. The lowest BCUT2D eigenvalue weighted by atomic mass is 10.2. The number of aliphatic imine (C=N–C) groups is 1. The Morgan fingerprint density at radius 1 is 0.970 bits per heavy atom. The fraction of sp³-hybridized carbons (Fsp3) is 0.120. The number of halogens is 1. The van der Waals surface area contributed by atoms with Crippen molar-refractivity contribution in [2.24, 2.45) is 4.99 Å². The second kappa shape index (κ2) is 10.5. The molecular weight excluding hydrogens is 460 g/mol. The van der Waals surface area contributed by atoms with Crippen molar-refractivity contribution in [3.8, 4) is 17.2 Å². The SMILES string of the molecule is COc1ccc(N=C2NC(=O)/C(=C/c3ccc(OC)c(OCc4ccc(Cl)cc4)c3)S2)cc1. The molecule has 1 saturated heterocycles. The standard InChI is InChI=1S/C25H21ClN2O4S/c1-30-20-10-8-19(9-11-20)27-25-28-24(29)23(33-25)14-17-5-12-21(31-2)22(13-17)32-15-16-3-6-18(26)7-4-16/h3-14H,15H2,1-2H3,(H,27,28,29)/b23-14-. The highest BCUT2D eigenvalue weighted by Gasteiger charge is 2.24. The maximum absolute atomic E-state index is 12.5. The van der Waals surface area contributed by atoms with E-state index in [0.717, 1.165) is 22.6 Å². The van der Waals surface area contributed by atoms with E-state index in [1.54, 1.807) is 20.3 Å². The maximum Gasteiger partial charge on any atom is 0.264 e. The summed E-state index contributed by atoms with van der Waals surface area (Å²) in [6.45, 7) is 0.363. The van der Waals surface area contributed by atoms with Crippen LogP contribution in [0.2, 0.25) is 5.02 Å². The van der Waals surface area contributed by atoms with E-state index in [9.17, 15) is 4.79 Å². The van der Waals surface area contributed by atoms with Gasteiger partial charge in [0.2, 0.25) is 0 Å². The van der Waals surface area contributed by atoms with E-state index in [0.29, 0.717) is 33.2 Å². The molecule has 0 unspecified atom stereocenters. The topological polar surface area (TPSA) is 69.2 Å². The monoisotopic (exact) mass is 480 g/mol. The Bertz CT molecular complexity index is 1210. The molecule has 33 heavy (non-hydrogen) atoms. The molecule has 0 aliphatic carbocycles. The summed E-state index contributed by atoms with van der Waals surface area (Å²) in [6.07, 6.45) is 1.80. The number of hydrogen-bond acceptors (Lipinski definition) is 6. The molecule has 1 aliphatic heterocycles. The summed E-state index contributed by atoms with van der Waals surface area (Å²) in [7, 11) is 3.20. The van der Waals surface area contributed by atoms with Crippen LogP contribution in [0.15, 0.2) is 76.6 Å². The second-order valence-corrected chi connectivity index (χ2v) is 8.47. The third-order valence-electron chi connectivity index (χ3n) is 4.75. The highest BCUT2D eigenvalue weighted by Crippen LogP contribution is 2.33. The van der Waals surface area contributed by atoms with Crippen LogP contribution in [-0.4, -0.2) is 25.3 Å². The van der Waals surface area contributed by atoms with Crippen molar-refractivity contribution in [3.05, 3.63) is 87.8 Å². The molecule has 168 valence electrons. The van der Waals surface area contributed by atoms with Gasteiger partial charge in [-0.2, -0.15) is 0 Å². The Balaban J connectivity index is 1.50. The maximum atomic E-state index is 12.5. The minimum Gasteiger partial charge on any atom is -0.497 e. The Morgan fingerprint density at radius 3 is 2.42 bits per heavy atom. The zero-order chi connectivity index (χ0) is 23.2. The van der Waals surface area contributed by atoms with Crippen molar-refractivity contribution in [1.29, 1.82) is 0 Å². The molecule has 3 aromatic carbocycles. The lowest BCUT2D eigenvalue weighted by Gasteiger charge is -2.12. The molecule has 3 aromatic rings. The van der Waals surface area contributed by atoms with Gasteiger partial charge in [0.1, 0.15) is 12.4 Å². The van der Waals surface area contributed by atoms with Crippen molar-refractivity contribution < 1.29 is 19.0 Å². The van der Waals surface area contributed by atoms with Gasteiger partial charge in [-0.15, -0.1) is 0 Å². The van der Waals surface area contributed by atoms with Crippen molar-refractivity contribution in [2.45, 2.75) is 6.61 Å². The van der Waals surface area contributed by atoms with Gasteiger partial charge in [-0.25, -0.2) is 4.99 Å². The number of carbonyl (C=O) groups is 1. The number of methoxy groups -OCH3 is 2. The summed E-state index contributed by atoms with van der Waals surface area (Å²) in [5.74, 6) is 1.73. The molecule has 0 aromatic heterocycles. The number of rotatable bonds is 7. The molecule has 0 radical (unpaired) electrons. The van der Waals surface area contributed by atoms with Crippen LogP contribution in [0, 0.1) is 0 Å². The van der Waals surface area contributed by atoms with Gasteiger partial charge in [0.15, 0.2) is 16.7 Å². The van der Waals surface area contributed by atoms with Gasteiger partial charge < -0.3 is 19.5 Å². The lowest BCUT2D eigenvalue weighted by Crippen LogP contribution is -2.19. The minimum absolute atomic E-state index is 0.202. The van der Waals surface area contributed by atoms with E-state index < -0.39 is 0 Å². The van der Waals surface area contributed by atoms with E-state index >= 15 is 0 Å². The number of nitrogens with zero attached hydrogens (tertiary/aromatic N) is 1. The number of ether oxygens (including phenoxy) is 3. The number of amides is 1. The molecule has 0 bridgehead atoms. The number of hydrogen-bond donors (Lipinski definition) is 1. The molecule has 1 fully saturated rings. The Morgan fingerprint density at radius 2 is 1.73 bits per heavy atom. The van der Waals surface area contributed by atoms with Crippen LogP contribution in [0.1, 0.15) is 11.1 Å². The second-order valence-electron chi connectivity index (χ2n) is 7.01. The molecule has 1 aliphatic rings. The van der Waals surface area contributed by atoms with E-state index in [1.165, 1.54) is 11.8 Å². The predicted octanol–water partition coefficient (Wildman–Crippen LogP) is 5.83. The Hall–Kier alpha value is -3.42. The van der Waals surface area contributed by atoms with Crippen molar-refractivity contribution in [2.75, 3.05) is 14.2 Å². The fourth-order valence-corrected chi connectivity index (χ4v) is 4.01. The summed E-state index contributed by atoms with van der Waals surface area (Å²) in [6, 6.07) is 20.3. The molecule has 1 amide bonds. The zero-order valence-electron chi connectivity index (χ0n) is 18.0. The summed E-state index contributed by atoms with van der Waals surface area (Å²) in [5, 5.41) is 3.99. The van der Waals surface area contributed by atoms with Crippen LogP contribution in [0.3, 0.4) is 0 Å². The van der Waals surface area contributed by atoms with Gasteiger partial charge >= 0.3 is 0 Å². The van der Waals surface area contributed by atoms with Crippen molar-refractivity contribution >= 4 is 46.2 Å². The van der Waals surface area contributed by atoms with Crippen LogP contribution in [-0.2, 0) is 11.4 Å². The molecule has 0 saturated carbocycles. The largest absolute Gasteiger partial charge is 0.497 e. The van der Waals surface area contributed by atoms with Gasteiger partial charge in [0, 0.05) is 5.02 Å². The molecule has 6 nitrogen and oxygen atoms in total. The Kier molecular flexibility index (Phi) is 7.22. The fourth-order valence-electron chi connectivity index (χ4n) is 3.04. The number of thioether (sulfide) groups is 1. The third-order valence-corrected chi connectivity index (χ3v) is 5.91. The molecule has 8 heteroatoms. The normalized spacial score (nSPS) is 15.5. The zero-order valence-corrected chi connectivity index (χ0v) is 19.6. The quantitative estimate of drug-likeness (QED) is 0.431. The van der Waals surface area contributed by atoms with Crippen molar-refractivity contribution in [1.82, 2.24) is 5.32 Å². The molecule has 1 heterocycles. The molecule has 4 rings (SSSR count). The minimum atomic E-state index is -0.202. The first kappa shape index (κ1) is 22.8. The van der Waals surface area contributed by atoms with Gasteiger partial charge in [-0.1, -0.05) is 29.8 Å². The van der Waals surface area contributed by atoms with E-state index in [-0.39, 0.29) is 5.91 Å². The molecule has 0 spiro atoms. The van der Waals surface area contributed by atoms with Gasteiger partial charge in [0.05, 0.1) is 24.8 Å². The third kappa shape index (κ3) is 5.88. The van der Waals surface area contributed by atoms with Crippen LogP contribution in [0.25, 0.3) is 6.08 Å². The average Bonchev–Trinajstić information content (AvgIpc) is 3.17. The summed E-state index contributed by atoms with van der Waals surface area (Å²) in [4.78, 5) is 17.5. The van der Waals surface area contributed by atoms with Crippen LogP contribution in [0.5, 0.6) is 17.2 Å². The highest BCUT2D eigenvalue weighted by atomic mass is 35.5. The molecule has 0 atom stereocenters. The summed E-state index contributed by atoms with van der Waals surface area (Å²) in [5.41, 5.74) is 2.52. The van der Waals surface area contributed by atoms with E-state index in [4.69, 9.17) is 25.8 Å². The van der Waals surface area contributed by atoms with Crippen LogP contribution < -0.4 is 19.5 Å². The predicted molar refractivity (Wildman–Crippen MR) is 133 cm³/mol. The first-order valence-electron chi connectivity index (χ1n) is 10.0.